The number of nitrogens with one attached hydrogen (secondary N) is 1. The molecule has 2 aromatic rings. The second-order valence-electron chi connectivity index (χ2n) is 4.20. The van der Waals surface area contributed by atoms with Crippen LogP contribution in [0.2, 0.25) is 0 Å². The average Bonchev–Trinajstić information content (AvgIpc) is 2.39. The first-order valence-electron chi connectivity index (χ1n) is 6.17. The van der Waals surface area contributed by atoms with E-state index in [0.29, 0.717) is 6.54 Å². The van der Waals surface area contributed by atoms with Crippen molar-refractivity contribution in [3.05, 3.63) is 47.9 Å². The number of para-hydroxylation sites is 1. The first-order valence-corrected chi connectivity index (χ1v) is 6.17. The largest absolute Gasteiger partial charge is 0.398 e. The first kappa shape index (κ1) is 12.4. The second-order valence-corrected chi connectivity index (χ2v) is 4.20. The third-order valence-electron chi connectivity index (χ3n) is 2.74. The van der Waals surface area contributed by atoms with E-state index >= 15 is 0 Å². The zero-order valence-corrected chi connectivity index (χ0v) is 10.6. The molecule has 0 amide bonds. The molecule has 0 saturated heterocycles. The number of hydrogen-bond acceptors (Lipinski definition) is 4. The van der Waals surface area contributed by atoms with Gasteiger partial charge in [0.05, 0.1) is 0 Å². The Bertz CT molecular complexity index is 511. The summed E-state index contributed by atoms with van der Waals surface area (Å²) in [5.74, 6) is 0.844. The highest BCUT2D eigenvalue weighted by Gasteiger charge is 2.00. The predicted molar refractivity (Wildman–Crippen MR) is 74.2 cm³/mol. The van der Waals surface area contributed by atoms with Gasteiger partial charge in [-0.05, 0) is 18.1 Å². The van der Waals surface area contributed by atoms with E-state index in [1.54, 1.807) is 6.33 Å². The van der Waals surface area contributed by atoms with Gasteiger partial charge in [0.1, 0.15) is 12.1 Å². The molecule has 0 aliphatic carbocycles. The van der Waals surface area contributed by atoms with Gasteiger partial charge < -0.3 is 11.1 Å². The fourth-order valence-corrected chi connectivity index (χ4v) is 1.77. The maximum Gasteiger partial charge on any atom is 0.129 e. The van der Waals surface area contributed by atoms with Crippen molar-refractivity contribution in [2.75, 3.05) is 11.1 Å². The molecule has 0 fully saturated rings. The van der Waals surface area contributed by atoms with Crippen molar-refractivity contribution in [2.24, 2.45) is 0 Å². The van der Waals surface area contributed by atoms with E-state index in [0.717, 1.165) is 35.6 Å². The molecule has 0 radical (unpaired) electrons. The van der Waals surface area contributed by atoms with Gasteiger partial charge in [0, 0.05) is 24.0 Å². The molecular weight excluding hydrogens is 224 g/mol. The van der Waals surface area contributed by atoms with Gasteiger partial charge in [0.15, 0.2) is 0 Å². The Hall–Kier alpha value is -2.10. The SMILES string of the molecule is CCCc1cc(NCc2ccccc2N)ncn1. The van der Waals surface area contributed by atoms with E-state index in [4.69, 9.17) is 5.73 Å². The maximum absolute atomic E-state index is 5.89. The highest BCUT2D eigenvalue weighted by Crippen LogP contribution is 2.13. The number of anilines is 2. The molecule has 2 rings (SSSR count). The van der Waals surface area contributed by atoms with Crippen LogP contribution < -0.4 is 11.1 Å². The molecule has 0 aliphatic heterocycles. The van der Waals surface area contributed by atoms with Crippen LogP contribution in [-0.2, 0) is 13.0 Å². The Morgan fingerprint density at radius 3 is 2.83 bits per heavy atom. The van der Waals surface area contributed by atoms with Crippen molar-refractivity contribution < 1.29 is 0 Å². The minimum absolute atomic E-state index is 0.676. The highest BCUT2D eigenvalue weighted by molar-refractivity contribution is 5.48. The first-order chi connectivity index (χ1) is 8.79. The van der Waals surface area contributed by atoms with Gasteiger partial charge in [0.2, 0.25) is 0 Å². The number of rotatable bonds is 5. The topological polar surface area (TPSA) is 63.8 Å². The number of hydrogen-bond donors (Lipinski definition) is 2. The number of nitrogens with two attached hydrogens (primary N) is 1. The molecule has 1 aromatic heterocycles. The lowest BCUT2D eigenvalue weighted by Crippen LogP contribution is -2.05. The normalized spacial score (nSPS) is 10.3. The quantitative estimate of drug-likeness (QED) is 0.791. The molecule has 1 aromatic carbocycles. The van der Waals surface area contributed by atoms with Crippen LogP contribution in [0.5, 0.6) is 0 Å². The average molecular weight is 242 g/mol. The summed E-state index contributed by atoms with van der Waals surface area (Å²) in [6, 6.07) is 9.82. The fourth-order valence-electron chi connectivity index (χ4n) is 1.77. The van der Waals surface area contributed by atoms with Gasteiger partial charge in [-0.1, -0.05) is 31.5 Å². The molecule has 3 N–H and O–H groups in total. The van der Waals surface area contributed by atoms with Gasteiger partial charge in [-0.25, -0.2) is 9.97 Å². The molecule has 0 atom stereocenters. The lowest BCUT2D eigenvalue weighted by molar-refractivity contribution is 0.871. The van der Waals surface area contributed by atoms with Crippen molar-refractivity contribution in [3.8, 4) is 0 Å². The van der Waals surface area contributed by atoms with Crippen LogP contribution in [0.1, 0.15) is 24.6 Å². The van der Waals surface area contributed by atoms with E-state index in [2.05, 4.69) is 22.2 Å². The number of aromatic nitrogens is 2. The Kier molecular flexibility index (Phi) is 4.12. The minimum atomic E-state index is 0.676. The molecule has 0 bridgehead atoms. The molecule has 4 nitrogen and oxygen atoms in total. The zero-order valence-electron chi connectivity index (χ0n) is 10.6. The predicted octanol–water partition coefficient (Wildman–Crippen LogP) is 2.62. The maximum atomic E-state index is 5.89. The summed E-state index contributed by atoms with van der Waals surface area (Å²) < 4.78 is 0. The summed E-state index contributed by atoms with van der Waals surface area (Å²) in [6.07, 6.45) is 3.66. The minimum Gasteiger partial charge on any atom is -0.398 e. The zero-order chi connectivity index (χ0) is 12.8. The van der Waals surface area contributed by atoms with E-state index in [1.807, 2.05) is 30.3 Å². The lowest BCUT2D eigenvalue weighted by atomic mass is 10.2. The van der Waals surface area contributed by atoms with Gasteiger partial charge >= 0.3 is 0 Å². The summed E-state index contributed by atoms with van der Waals surface area (Å²) in [5, 5.41) is 3.27. The van der Waals surface area contributed by atoms with Crippen LogP contribution in [0.15, 0.2) is 36.7 Å². The number of nitrogen functional groups attached to an aromatic ring is 1. The van der Waals surface area contributed by atoms with Crippen molar-refractivity contribution in [2.45, 2.75) is 26.3 Å². The van der Waals surface area contributed by atoms with Crippen molar-refractivity contribution in [1.82, 2.24) is 9.97 Å². The molecule has 0 spiro atoms. The molecule has 0 unspecified atom stereocenters. The lowest BCUT2D eigenvalue weighted by Gasteiger charge is -2.08. The molecular formula is C14H18N4. The second kappa shape index (κ2) is 6.00. The third kappa shape index (κ3) is 3.20. The third-order valence-corrected chi connectivity index (χ3v) is 2.74. The summed E-state index contributed by atoms with van der Waals surface area (Å²) >= 11 is 0. The van der Waals surface area contributed by atoms with E-state index in [1.165, 1.54) is 0 Å². The van der Waals surface area contributed by atoms with E-state index < -0.39 is 0 Å². The number of nitrogens with zero attached hydrogens (tertiary/aromatic N) is 2. The van der Waals surface area contributed by atoms with Gasteiger partial charge in [0.25, 0.3) is 0 Å². The standard InChI is InChI=1S/C14H18N4/c1-2-5-12-8-14(18-10-17-12)16-9-11-6-3-4-7-13(11)15/h3-4,6-8,10H,2,5,9,15H2,1H3,(H,16,17,18). The van der Waals surface area contributed by atoms with Crippen LogP contribution in [0.25, 0.3) is 0 Å². The Balaban J connectivity index is 2.02. The summed E-state index contributed by atoms with van der Waals surface area (Å²) in [5.41, 5.74) is 8.83. The summed E-state index contributed by atoms with van der Waals surface area (Å²) in [6.45, 7) is 2.81. The molecule has 18 heavy (non-hydrogen) atoms. The number of aryl methyl sites for hydroxylation is 1. The monoisotopic (exact) mass is 242 g/mol. The fraction of sp³-hybridized carbons (Fsp3) is 0.286. The Morgan fingerprint density at radius 1 is 1.22 bits per heavy atom. The smallest absolute Gasteiger partial charge is 0.129 e. The van der Waals surface area contributed by atoms with Crippen LogP contribution in [0.3, 0.4) is 0 Å². The van der Waals surface area contributed by atoms with Gasteiger partial charge in [-0.2, -0.15) is 0 Å². The Labute approximate surface area is 107 Å². The summed E-state index contributed by atoms with van der Waals surface area (Å²) in [4.78, 5) is 8.43. The van der Waals surface area contributed by atoms with E-state index in [9.17, 15) is 0 Å². The number of benzene rings is 1. The van der Waals surface area contributed by atoms with Crippen LogP contribution in [0, 0.1) is 0 Å². The van der Waals surface area contributed by atoms with Gasteiger partial charge in [-0.15, -0.1) is 0 Å². The molecule has 94 valence electrons. The van der Waals surface area contributed by atoms with E-state index in [-0.39, 0.29) is 0 Å². The van der Waals surface area contributed by atoms with Gasteiger partial charge in [-0.3, -0.25) is 0 Å². The highest BCUT2D eigenvalue weighted by atomic mass is 15.0. The van der Waals surface area contributed by atoms with Crippen molar-refractivity contribution in [1.29, 1.82) is 0 Å². The van der Waals surface area contributed by atoms with Crippen LogP contribution >= 0.6 is 0 Å². The molecule has 1 heterocycles. The Morgan fingerprint density at radius 2 is 2.06 bits per heavy atom. The molecule has 0 saturated carbocycles. The van der Waals surface area contributed by atoms with Crippen LogP contribution in [-0.4, -0.2) is 9.97 Å². The molecule has 0 aliphatic rings. The van der Waals surface area contributed by atoms with Crippen molar-refractivity contribution in [3.63, 3.8) is 0 Å². The van der Waals surface area contributed by atoms with Crippen molar-refractivity contribution >= 4 is 11.5 Å². The molecule has 4 heteroatoms. The van der Waals surface area contributed by atoms with Crippen LogP contribution in [0.4, 0.5) is 11.5 Å². The summed E-state index contributed by atoms with van der Waals surface area (Å²) in [7, 11) is 0.